The number of nitro benzene ring substituents is 1. The fourth-order valence-electron chi connectivity index (χ4n) is 3.21. The first-order chi connectivity index (χ1) is 14.3. The molecular formula is C20H13ClN4O4S. The summed E-state index contributed by atoms with van der Waals surface area (Å²) < 4.78 is 1.31. The number of nitrogens with zero attached hydrogens (tertiary/aromatic N) is 3. The fourth-order valence-corrected chi connectivity index (χ4v) is 3.62. The minimum atomic E-state index is -0.595. The summed E-state index contributed by atoms with van der Waals surface area (Å²) in [7, 11) is 0. The van der Waals surface area contributed by atoms with Gasteiger partial charge in [0.1, 0.15) is 5.56 Å². The summed E-state index contributed by atoms with van der Waals surface area (Å²) in [6.45, 7) is 1.72. The molecule has 4 rings (SSSR count). The molecule has 0 fully saturated rings. The number of hydrogen-bond donors (Lipinski definition) is 2. The van der Waals surface area contributed by atoms with E-state index in [1.807, 2.05) is 0 Å². The SMILES string of the molecule is CC1=Nc2ccc([N+](=O)[O-])cc2C1=Cc1c(O)n(-c2ccc(Cl)cc2)c(=S)[nH]c1=O. The lowest BCUT2D eigenvalue weighted by Crippen LogP contribution is -2.16. The summed E-state index contributed by atoms with van der Waals surface area (Å²) in [6.07, 6.45) is 1.45. The molecule has 2 aromatic carbocycles. The summed E-state index contributed by atoms with van der Waals surface area (Å²) in [5, 5.41) is 22.5. The van der Waals surface area contributed by atoms with Gasteiger partial charge in [-0.25, -0.2) is 0 Å². The number of non-ortho nitro benzene ring substituents is 1. The van der Waals surface area contributed by atoms with Gasteiger partial charge in [-0.15, -0.1) is 0 Å². The predicted molar refractivity (Wildman–Crippen MR) is 118 cm³/mol. The monoisotopic (exact) mass is 440 g/mol. The fraction of sp³-hybridized carbons (Fsp3) is 0.0500. The lowest BCUT2D eigenvalue weighted by atomic mass is 10.0. The number of fused-ring (bicyclic) bond motifs is 1. The third-order valence-corrected chi connectivity index (χ3v) is 5.19. The quantitative estimate of drug-likeness (QED) is 0.344. The molecule has 1 aliphatic heterocycles. The van der Waals surface area contributed by atoms with Crippen LogP contribution >= 0.6 is 23.8 Å². The lowest BCUT2D eigenvalue weighted by molar-refractivity contribution is -0.384. The Balaban J connectivity index is 1.93. The van der Waals surface area contributed by atoms with Crippen LogP contribution in [0.5, 0.6) is 5.88 Å². The van der Waals surface area contributed by atoms with Gasteiger partial charge in [0.15, 0.2) is 4.77 Å². The first kappa shape index (κ1) is 19.7. The van der Waals surface area contributed by atoms with E-state index in [2.05, 4.69) is 9.98 Å². The number of aromatic hydroxyl groups is 1. The van der Waals surface area contributed by atoms with E-state index in [-0.39, 0.29) is 21.9 Å². The Labute approximate surface area is 179 Å². The normalized spacial score (nSPS) is 13.9. The summed E-state index contributed by atoms with van der Waals surface area (Å²) in [5.74, 6) is -0.370. The van der Waals surface area contributed by atoms with Crippen molar-refractivity contribution in [2.75, 3.05) is 0 Å². The van der Waals surface area contributed by atoms with Gasteiger partial charge in [0.25, 0.3) is 11.2 Å². The first-order valence-corrected chi connectivity index (χ1v) is 9.45. The molecular weight excluding hydrogens is 428 g/mol. The Hall–Kier alpha value is -3.56. The van der Waals surface area contributed by atoms with Gasteiger partial charge in [-0.3, -0.25) is 29.5 Å². The summed E-state index contributed by atoms with van der Waals surface area (Å²) >= 11 is 11.1. The molecule has 0 bridgehead atoms. The maximum Gasteiger partial charge on any atom is 0.270 e. The van der Waals surface area contributed by atoms with Crippen molar-refractivity contribution < 1.29 is 10.0 Å². The number of aliphatic imine (C=N–C) groups is 1. The number of halogens is 1. The van der Waals surface area contributed by atoms with Gasteiger partial charge in [0.2, 0.25) is 5.88 Å². The van der Waals surface area contributed by atoms with Crippen LogP contribution in [0.15, 0.2) is 52.3 Å². The topological polar surface area (TPSA) is 114 Å². The Kier molecular flexibility index (Phi) is 4.84. The third kappa shape index (κ3) is 3.34. The third-order valence-electron chi connectivity index (χ3n) is 4.65. The molecule has 0 atom stereocenters. The van der Waals surface area contributed by atoms with Crippen LogP contribution in [0.1, 0.15) is 18.1 Å². The molecule has 1 aliphatic rings. The molecule has 30 heavy (non-hydrogen) atoms. The molecule has 0 aliphatic carbocycles. The van der Waals surface area contributed by atoms with Gasteiger partial charge in [-0.1, -0.05) is 11.6 Å². The van der Waals surface area contributed by atoms with Crippen molar-refractivity contribution in [1.82, 2.24) is 9.55 Å². The summed E-state index contributed by atoms with van der Waals surface area (Å²) in [6, 6.07) is 10.9. The van der Waals surface area contributed by atoms with E-state index in [0.29, 0.717) is 33.2 Å². The summed E-state index contributed by atoms with van der Waals surface area (Å²) in [5.41, 5.74) is 1.86. The Morgan fingerprint density at radius 1 is 1.27 bits per heavy atom. The second kappa shape index (κ2) is 7.36. The minimum absolute atomic E-state index is 0.00909. The number of aromatic amines is 1. The van der Waals surface area contributed by atoms with Crippen LogP contribution in [0.3, 0.4) is 0 Å². The average Bonchev–Trinajstić information content (AvgIpc) is 3.00. The van der Waals surface area contributed by atoms with Gasteiger partial charge >= 0.3 is 0 Å². The molecule has 3 aromatic rings. The van der Waals surface area contributed by atoms with Crippen LogP contribution < -0.4 is 5.56 Å². The Morgan fingerprint density at radius 3 is 2.63 bits per heavy atom. The average molecular weight is 441 g/mol. The van der Waals surface area contributed by atoms with E-state index >= 15 is 0 Å². The van der Waals surface area contributed by atoms with Crippen LogP contribution in [-0.4, -0.2) is 25.3 Å². The molecule has 2 N–H and O–H groups in total. The Morgan fingerprint density at radius 2 is 1.97 bits per heavy atom. The van der Waals surface area contributed by atoms with Gasteiger partial charge in [0.05, 0.1) is 16.3 Å². The van der Waals surface area contributed by atoms with Gasteiger partial charge < -0.3 is 5.11 Å². The van der Waals surface area contributed by atoms with E-state index in [1.54, 1.807) is 37.3 Å². The highest BCUT2D eigenvalue weighted by Crippen LogP contribution is 2.38. The number of hydrogen-bond acceptors (Lipinski definition) is 6. The molecule has 10 heteroatoms. The maximum absolute atomic E-state index is 12.6. The first-order valence-electron chi connectivity index (χ1n) is 8.66. The van der Waals surface area contributed by atoms with Gasteiger partial charge in [-0.05, 0) is 55.5 Å². The minimum Gasteiger partial charge on any atom is -0.494 e. The highest BCUT2D eigenvalue weighted by Gasteiger charge is 2.23. The molecule has 0 saturated heterocycles. The summed E-state index contributed by atoms with van der Waals surface area (Å²) in [4.78, 5) is 30.1. The van der Waals surface area contributed by atoms with Crippen molar-refractivity contribution in [3.63, 3.8) is 0 Å². The molecule has 8 nitrogen and oxygen atoms in total. The van der Waals surface area contributed by atoms with Crippen LogP contribution in [0.25, 0.3) is 17.3 Å². The number of benzene rings is 2. The zero-order valence-corrected chi connectivity index (χ0v) is 17.0. The van der Waals surface area contributed by atoms with Crippen LogP contribution in [0.4, 0.5) is 11.4 Å². The van der Waals surface area contributed by atoms with Crippen molar-refractivity contribution in [3.05, 3.63) is 83.9 Å². The predicted octanol–water partition coefficient (Wildman–Crippen LogP) is 4.81. The van der Waals surface area contributed by atoms with Crippen molar-refractivity contribution >= 4 is 52.6 Å². The van der Waals surface area contributed by atoms with Crippen LogP contribution in [0.2, 0.25) is 5.02 Å². The molecule has 1 aromatic heterocycles. The zero-order valence-electron chi connectivity index (χ0n) is 15.4. The van der Waals surface area contributed by atoms with E-state index in [1.165, 1.54) is 22.8 Å². The second-order valence-corrected chi connectivity index (χ2v) is 7.35. The van der Waals surface area contributed by atoms with Crippen molar-refractivity contribution in [1.29, 1.82) is 0 Å². The van der Waals surface area contributed by atoms with E-state index in [0.717, 1.165) is 0 Å². The molecule has 150 valence electrons. The molecule has 0 unspecified atom stereocenters. The maximum atomic E-state index is 12.6. The van der Waals surface area contributed by atoms with Crippen molar-refractivity contribution in [2.24, 2.45) is 4.99 Å². The molecule has 0 spiro atoms. The number of nitrogens with one attached hydrogen (secondary N) is 1. The zero-order chi connectivity index (χ0) is 21.6. The largest absolute Gasteiger partial charge is 0.494 e. The van der Waals surface area contributed by atoms with E-state index < -0.39 is 10.5 Å². The van der Waals surface area contributed by atoms with E-state index in [9.17, 15) is 20.0 Å². The van der Waals surface area contributed by atoms with Gasteiger partial charge in [0, 0.05) is 34.0 Å². The number of nitro groups is 1. The number of H-pyrrole nitrogens is 1. The van der Waals surface area contributed by atoms with Crippen LogP contribution in [-0.2, 0) is 0 Å². The number of allylic oxidation sites excluding steroid dienone is 1. The molecule has 0 amide bonds. The molecule has 2 heterocycles. The van der Waals surface area contributed by atoms with Crippen molar-refractivity contribution in [2.45, 2.75) is 6.92 Å². The lowest BCUT2D eigenvalue weighted by Gasteiger charge is -2.12. The highest BCUT2D eigenvalue weighted by atomic mass is 35.5. The molecule has 0 radical (unpaired) electrons. The Bertz CT molecular complexity index is 1390. The smallest absolute Gasteiger partial charge is 0.270 e. The highest BCUT2D eigenvalue weighted by molar-refractivity contribution is 7.71. The number of rotatable bonds is 3. The number of aromatic nitrogens is 2. The molecule has 0 saturated carbocycles. The standard InChI is InChI=1S/C20H13ClN4O4S/c1-10-14(15-8-13(25(28)29)6-7-17(15)22-10)9-16-18(26)23-20(30)24(19(16)27)12-4-2-11(21)3-5-12/h2-9,27H,1H3,(H,23,26,30). The van der Waals surface area contributed by atoms with Gasteiger partial charge in [-0.2, -0.15) is 0 Å². The van der Waals surface area contributed by atoms with Crippen LogP contribution in [0, 0.1) is 14.9 Å². The van der Waals surface area contributed by atoms with E-state index in [4.69, 9.17) is 23.8 Å². The van der Waals surface area contributed by atoms with Crippen molar-refractivity contribution in [3.8, 4) is 11.6 Å². The second-order valence-electron chi connectivity index (χ2n) is 6.52.